The fourth-order valence-electron chi connectivity index (χ4n) is 1.84. The number of ether oxygens (including phenoxy) is 1. The molecule has 1 heterocycles. The van der Waals surface area contributed by atoms with Gasteiger partial charge in [-0.05, 0) is 24.5 Å². The summed E-state index contributed by atoms with van der Waals surface area (Å²) in [6.07, 6.45) is 3.09. The number of benzene rings is 1. The number of carbonyl (C=O) groups is 1. The summed E-state index contributed by atoms with van der Waals surface area (Å²) in [6, 6.07) is 7.93. The summed E-state index contributed by atoms with van der Waals surface area (Å²) in [7, 11) is 0. The molecule has 1 aliphatic rings. The molecule has 2 rings (SSSR count). The van der Waals surface area contributed by atoms with Crippen molar-refractivity contribution in [1.29, 1.82) is 0 Å². The minimum absolute atomic E-state index is 0.258. The molecule has 1 aromatic rings. The van der Waals surface area contributed by atoms with E-state index in [-0.39, 0.29) is 6.09 Å². The largest absolute Gasteiger partial charge is 0.449 e. The Kier molecular flexibility index (Phi) is 3.25. The normalized spacial score (nSPS) is 13.4. The predicted octanol–water partition coefficient (Wildman–Crippen LogP) is 2.76. The summed E-state index contributed by atoms with van der Waals surface area (Å²) in [6.45, 7) is 4.70. The van der Waals surface area contributed by atoms with Crippen LogP contribution in [0.1, 0.15) is 12.0 Å². The van der Waals surface area contributed by atoms with E-state index in [1.807, 2.05) is 24.3 Å². The van der Waals surface area contributed by atoms with Crippen molar-refractivity contribution >= 4 is 11.8 Å². The molecule has 0 aromatic heterocycles. The Bertz CT molecular complexity index is 401. The molecular weight excluding hydrogens is 202 g/mol. The highest BCUT2D eigenvalue weighted by Gasteiger charge is 2.24. The lowest BCUT2D eigenvalue weighted by atomic mass is 10.2. The first-order valence-corrected chi connectivity index (χ1v) is 5.46. The van der Waals surface area contributed by atoms with Crippen LogP contribution in [0.4, 0.5) is 10.5 Å². The van der Waals surface area contributed by atoms with Crippen LogP contribution in [0.25, 0.3) is 0 Å². The van der Waals surface area contributed by atoms with E-state index in [9.17, 15) is 4.79 Å². The molecule has 0 saturated carbocycles. The molecule has 0 radical (unpaired) electrons. The van der Waals surface area contributed by atoms with Gasteiger partial charge in [-0.3, -0.25) is 4.90 Å². The Morgan fingerprint density at radius 2 is 2.31 bits per heavy atom. The van der Waals surface area contributed by atoms with Crippen molar-refractivity contribution < 1.29 is 9.53 Å². The second-order valence-corrected chi connectivity index (χ2v) is 3.72. The SMILES string of the molecule is C=CCCOC(=O)N1CCc2ccccc21. The topological polar surface area (TPSA) is 29.5 Å². The van der Waals surface area contributed by atoms with Crippen molar-refractivity contribution in [3.05, 3.63) is 42.5 Å². The van der Waals surface area contributed by atoms with Crippen molar-refractivity contribution in [3.63, 3.8) is 0 Å². The van der Waals surface area contributed by atoms with Crippen LogP contribution in [0.5, 0.6) is 0 Å². The third-order valence-electron chi connectivity index (χ3n) is 2.66. The first kappa shape index (κ1) is 10.7. The number of fused-ring (bicyclic) bond motifs is 1. The van der Waals surface area contributed by atoms with Crippen molar-refractivity contribution in [2.24, 2.45) is 0 Å². The van der Waals surface area contributed by atoms with Crippen molar-refractivity contribution in [3.8, 4) is 0 Å². The molecule has 3 nitrogen and oxygen atoms in total. The molecule has 0 bridgehead atoms. The number of para-hydroxylation sites is 1. The number of hydrogen-bond acceptors (Lipinski definition) is 2. The number of amides is 1. The van der Waals surface area contributed by atoms with E-state index in [2.05, 4.69) is 6.58 Å². The molecule has 0 fully saturated rings. The van der Waals surface area contributed by atoms with E-state index < -0.39 is 0 Å². The fraction of sp³-hybridized carbons (Fsp3) is 0.308. The summed E-state index contributed by atoms with van der Waals surface area (Å²) < 4.78 is 5.14. The zero-order valence-electron chi connectivity index (χ0n) is 9.19. The van der Waals surface area contributed by atoms with Gasteiger partial charge in [0, 0.05) is 6.54 Å². The Balaban J connectivity index is 2.01. The van der Waals surface area contributed by atoms with E-state index in [0.717, 1.165) is 12.1 Å². The maximum Gasteiger partial charge on any atom is 0.414 e. The molecule has 0 spiro atoms. The molecule has 0 saturated heterocycles. The molecule has 0 unspecified atom stereocenters. The van der Waals surface area contributed by atoms with Gasteiger partial charge in [0.25, 0.3) is 0 Å². The molecule has 0 aliphatic carbocycles. The number of anilines is 1. The van der Waals surface area contributed by atoms with Crippen LogP contribution < -0.4 is 4.90 Å². The Morgan fingerprint density at radius 3 is 3.12 bits per heavy atom. The van der Waals surface area contributed by atoms with Gasteiger partial charge in [0.05, 0.1) is 12.3 Å². The molecular formula is C13H15NO2. The van der Waals surface area contributed by atoms with Crippen LogP contribution >= 0.6 is 0 Å². The summed E-state index contributed by atoms with van der Waals surface area (Å²) in [4.78, 5) is 13.4. The number of rotatable bonds is 3. The molecule has 1 aromatic carbocycles. The average Bonchev–Trinajstić information content (AvgIpc) is 2.73. The Hall–Kier alpha value is -1.77. The molecule has 3 heteroatoms. The zero-order valence-corrected chi connectivity index (χ0v) is 9.19. The molecule has 0 N–H and O–H groups in total. The maximum absolute atomic E-state index is 11.8. The zero-order chi connectivity index (χ0) is 11.4. The minimum Gasteiger partial charge on any atom is -0.449 e. The second kappa shape index (κ2) is 4.84. The van der Waals surface area contributed by atoms with Gasteiger partial charge in [0.2, 0.25) is 0 Å². The lowest BCUT2D eigenvalue weighted by molar-refractivity contribution is 0.156. The van der Waals surface area contributed by atoms with Gasteiger partial charge in [-0.25, -0.2) is 4.79 Å². The quantitative estimate of drug-likeness (QED) is 0.575. The van der Waals surface area contributed by atoms with Gasteiger partial charge >= 0.3 is 6.09 Å². The predicted molar refractivity (Wildman–Crippen MR) is 63.7 cm³/mol. The van der Waals surface area contributed by atoms with Crippen LogP contribution in [-0.2, 0) is 11.2 Å². The molecule has 1 amide bonds. The lowest BCUT2D eigenvalue weighted by Gasteiger charge is -2.16. The molecule has 16 heavy (non-hydrogen) atoms. The van der Waals surface area contributed by atoms with Crippen molar-refractivity contribution in [1.82, 2.24) is 0 Å². The number of carbonyl (C=O) groups excluding carboxylic acids is 1. The third-order valence-corrected chi connectivity index (χ3v) is 2.66. The van der Waals surface area contributed by atoms with Gasteiger partial charge in [-0.15, -0.1) is 6.58 Å². The first-order chi connectivity index (χ1) is 7.83. The highest BCUT2D eigenvalue weighted by molar-refractivity contribution is 5.90. The van der Waals surface area contributed by atoms with Gasteiger partial charge in [-0.1, -0.05) is 24.3 Å². The van der Waals surface area contributed by atoms with E-state index in [0.29, 0.717) is 19.6 Å². The first-order valence-electron chi connectivity index (χ1n) is 5.46. The van der Waals surface area contributed by atoms with Gasteiger partial charge in [0.1, 0.15) is 0 Å². The van der Waals surface area contributed by atoms with E-state index in [1.165, 1.54) is 5.56 Å². The Labute approximate surface area is 95.3 Å². The number of nitrogens with zero attached hydrogens (tertiary/aromatic N) is 1. The third kappa shape index (κ3) is 2.08. The number of hydrogen-bond donors (Lipinski definition) is 0. The van der Waals surface area contributed by atoms with E-state index >= 15 is 0 Å². The second-order valence-electron chi connectivity index (χ2n) is 3.72. The summed E-state index contributed by atoms with van der Waals surface area (Å²) in [5, 5.41) is 0. The van der Waals surface area contributed by atoms with Crippen LogP contribution in [0, 0.1) is 0 Å². The standard InChI is InChI=1S/C13H15NO2/c1-2-3-10-16-13(15)14-9-8-11-6-4-5-7-12(11)14/h2,4-7H,1,3,8-10H2. The smallest absolute Gasteiger partial charge is 0.414 e. The van der Waals surface area contributed by atoms with E-state index in [4.69, 9.17) is 4.74 Å². The molecule has 1 aliphatic heterocycles. The van der Waals surface area contributed by atoms with Crippen LogP contribution in [-0.4, -0.2) is 19.2 Å². The van der Waals surface area contributed by atoms with Gasteiger partial charge in [0.15, 0.2) is 0 Å². The van der Waals surface area contributed by atoms with Crippen LogP contribution in [0.15, 0.2) is 36.9 Å². The minimum atomic E-state index is -0.258. The highest BCUT2D eigenvalue weighted by atomic mass is 16.6. The highest BCUT2D eigenvalue weighted by Crippen LogP contribution is 2.27. The van der Waals surface area contributed by atoms with E-state index in [1.54, 1.807) is 11.0 Å². The summed E-state index contributed by atoms with van der Waals surface area (Å²) in [5.74, 6) is 0. The molecule has 84 valence electrons. The van der Waals surface area contributed by atoms with Crippen molar-refractivity contribution in [2.75, 3.05) is 18.1 Å². The summed E-state index contributed by atoms with van der Waals surface area (Å²) >= 11 is 0. The lowest BCUT2D eigenvalue weighted by Crippen LogP contribution is -2.29. The Morgan fingerprint density at radius 1 is 1.50 bits per heavy atom. The fourth-order valence-corrected chi connectivity index (χ4v) is 1.84. The monoisotopic (exact) mass is 217 g/mol. The molecule has 0 atom stereocenters. The van der Waals surface area contributed by atoms with Gasteiger partial charge in [-0.2, -0.15) is 0 Å². The maximum atomic E-state index is 11.8. The average molecular weight is 217 g/mol. The van der Waals surface area contributed by atoms with Gasteiger partial charge < -0.3 is 4.74 Å². The van der Waals surface area contributed by atoms with Crippen LogP contribution in [0.2, 0.25) is 0 Å². The summed E-state index contributed by atoms with van der Waals surface area (Å²) in [5.41, 5.74) is 2.19. The van der Waals surface area contributed by atoms with Crippen molar-refractivity contribution in [2.45, 2.75) is 12.8 Å². The van der Waals surface area contributed by atoms with Crippen LogP contribution in [0.3, 0.4) is 0 Å².